The molecule has 4 heterocycles. The zero-order valence-electron chi connectivity index (χ0n) is 16.1. The van der Waals surface area contributed by atoms with Gasteiger partial charge in [0.1, 0.15) is 24.6 Å². The quantitative estimate of drug-likeness (QED) is 0.708. The summed E-state index contributed by atoms with van der Waals surface area (Å²) in [5.41, 5.74) is -0.213. The van der Waals surface area contributed by atoms with Gasteiger partial charge in [-0.2, -0.15) is 10.1 Å². The van der Waals surface area contributed by atoms with Crippen molar-refractivity contribution in [3.63, 3.8) is 0 Å². The molecule has 0 amide bonds. The average molecular weight is 381 g/mol. The van der Waals surface area contributed by atoms with E-state index in [0.717, 1.165) is 25.5 Å². The molecule has 0 spiro atoms. The number of aliphatic hydroxyl groups excluding tert-OH is 1. The summed E-state index contributed by atoms with van der Waals surface area (Å²) in [4.78, 5) is 26.1. The summed E-state index contributed by atoms with van der Waals surface area (Å²) >= 11 is 0. The van der Waals surface area contributed by atoms with Gasteiger partial charge in [0, 0.05) is 38.1 Å². The second-order valence-electron chi connectivity index (χ2n) is 7.39. The summed E-state index contributed by atoms with van der Waals surface area (Å²) in [6, 6.07) is 3.68. The molecule has 4 rings (SSSR count). The van der Waals surface area contributed by atoms with Crippen LogP contribution in [0.4, 0.5) is 11.8 Å². The van der Waals surface area contributed by atoms with Gasteiger partial charge in [0.2, 0.25) is 5.95 Å². The second kappa shape index (κ2) is 7.12. The second-order valence-corrected chi connectivity index (χ2v) is 7.39. The van der Waals surface area contributed by atoms with Crippen LogP contribution in [0.25, 0.3) is 5.82 Å². The summed E-state index contributed by atoms with van der Waals surface area (Å²) in [6.45, 7) is 8.21. The van der Waals surface area contributed by atoms with Crippen molar-refractivity contribution in [3.8, 4) is 5.82 Å². The van der Waals surface area contributed by atoms with Gasteiger partial charge in [-0.1, -0.05) is 0 Å². The summed E-state index contributed by atoms with van der Waals surface area (Å²) in [6.07, 6.45) is 5.82. The minimum atomic E-state index is -0.697. The zero-order chi connectivity index (χ0) is 19.7. The standard InChI is InChI=1S/C18H23N9O/c1-13(28)16-20-6-4-14(23-16)26-9-8-25(10-18(26,2)3)17-21-7-5-15(24-17)27-12-19-11-22-27/h4-7,11-13,28H,8-10H2,1-3H3/t13-/m1/s1. The lowest BCUT2D eigenvalue weighted by molar-refractivity contribution is 0.188. The van der Waals surface area contributed by atoms with Gasteiger partial charge in [-0.25, -0.2) is 24.6 Å². The molecule has 3 aromatic heterocycles. The van der Waals surface area contributed by atoms with Crippen LogP contribution >= 0.6 is 0 Å². The Morgan fingerprint density at radius 3 is 2.57 bits per heavy atom. The molecule has 3 aromatic rings. The van der Waals surface area contributed by atoms with Gasteiger partial charge in [0.25, 0.3) is 0 Å². The Bertz CT molecular complexity index is 942. The molecule has 0 bridgehead atoms. The topological polar surface area (TPSA) is 109 Å². The van der Waals surface area contributed by atoms with E-state index in [1.54, 1.807) is 36.4 Å². The predicted molar refractivity (Wildman–Crippen MR) is 103 cm³/mol. The van der Waals surface area contributed by atoms with Crippen LogP contribution in [-0.2, 0) is 0 Å². The molecular weight excluding hydrogens is 358 g/mol. The Balaban J connectivity index is 1.56. The van der Waals surface area contributed by atoms with E-state index < -0.39 is 6.10 Å². The van der Waals surface area contributed by atoms with Crippen LogP contribution in [0.15, 0.2) is 37.2 Å². The lowest BCUT2D eigenvalue weighted by Crippen LogP contribution is -2.60. The number of nitrogens with zero attached hydrogens (tertiary/aromatic N) is 9. The van der Waals surface area contributed by atoms with Crippen molar-refractivity contribution in [2.45, 2.75) is 32.4 Å². The van der Waals surface area contributed by atoms with Crippen molar-refractivity contribution in [2.75, 3.05) is 29.4 Å². The Labute approximate surface area is 162 Å². The highest BCUT2D eigenvalue weighted by Gasteiger charge is 2.35. The Hall–Kier alpha value is -3.14. The third-order valence-electron chi connectivity index (χ3n) is 4.78. The van der Waals surface area contributed by atoms with E-state index >= 15 is 0 Å². The number of aliphatic hydroxyl groups is 1. The number of rotatable bonds is 4. The van der Waals surface area contributed by atoms with E-state index in [1.165, 1.54) is 6.33 Å². The van der Waals surface area contributed by atoms with Crippen molar-refractivity contribution in [1.82, 2.24) is 34.7 Å². The minimum absolute atomic E-state index is 0.213. The molecule has 1 fully saturated rings. The van der Waals surface area contributed by atoms with E-state index in [-0.39, 0.29) is 5.54 Å². The fraction of sp³-hybridized carbons (Fsp3) is 0.444. The first-order chi connectivity index (χ1) is 13.4. The molecule has 10 heteroatoms. The van der Waals surface area contributed by atoms with Crippen LogP contribution in [0.2, 0.25) is 0 Å². The first-order valence-corrected chi connectivity index (χ1v) is 9.16. The van der Waals surface area contributed by atoms with Crippen LogP contribution in [0.5, 0.6) is 0 Å². The van der Waals surface area contributed by atoms with Crippen molar-refractivity contribution in [2.24, 2.45) is 0 Å². The molecule has 1 aliphatic heterocycles. The SMILES string of the molecule is C[C@@H](O)c1nccc(N2CCN(c3nccc(-n4cncn4)n3)CC2(C)C)n1. The fourth-order valence-electron chi connectivity index (χ4n) is 3.41. The van der Waals surface area contributed by atoms with Crippen molar-refractivity contribution < 1.29 is 5.11 Å². The van der Waals surface area contributed by atoms with Gasteiger partial charge in [-0.05, 0) is 26.8 Å². The smallest absolute Gasteiger partial charge is 0.227 e. The molecule has 0 aliphatic carbocycles. The predicted octanol–water partition coefficient (Wildman–Crippen LogP) is 1.01. The van der Waals surface area contributed by atoms with Gasteiger partial charge in [0.15, 0.2) is 11.6 Å². The first kappa shape index (κ1) is 18.2. The van der Waals surface area contributed by atoms with Gasteiger partial charge < -0.3 is 14.9 Å². The summed E-state index contributed by atoms with van der Waals surface area (Å²) in [7, 11) is 0. The number of hydrogen-bond donors (Lipinski definition) is 1. The monoisotopic (exact) mass is 381 g/mol. The molecular formula is C18H23N9O. The molecule has 0 radical (unpaired) electrons. The van der Waals surface area contributed by atoms with Crippen LogP contribution in [0, 0.1) is 0 Å². The summed E-state index contributed by atoms with van der Waals surface area (Å²) in [5, 5.41) is 13.9. The van der Waals surface area contributed by atoms with E-state index in [9.17, 15) is 5.11 Å². The van der Waals surface area contributed by atoms with E-state index in [2.05, 4.69) is 53.7 Å². The van der Waals surface area contributed by atoms with Gasteiger partial charge in [-0.15, -0.1) is 0 Å². The molecule has 0 unspecified atom stereocenters. The normalized spacial score (nSPS) is 17.6. The van der Waals surface area contributed by atoms with Crippen LogP contribution in [0.3, 0.4) is 0 Å². The highest BCUT2D eigenvalue weighted by molar-refractivity contribution is 5.46. The average Bonchev–Trinajstić information content (AvgIpc) is 3.22. The number of anilines is 2. The third-order valence-corrected chi connectivity index (χ3v) is 4.78. The Kier molecular flexibility index (Phi) is 4.63. The van der Waals surface area contributed by atoms with Crippen molar-refractivity contribution >= 4 is 11.8 Å². The van der Waals surface area contributed by atoms with Gasteiger partial charge in [0.05, 0.1) is 5.54 Å². The van der Waals surface area contributed by atoms with E-state index in [0.29, 0.717) is 17.6 Å². The zero-order valence-corrected chi connectivity index (χ0v) is 16.1. The van der Waals surface area contributed by atoms with E-state index in [4.69, 9.17) is 0 Å². The highest BCUT2D eigenvalue weighted by Crippen LogP contribution is 2.28. The minimum Gasteiger partial charge on any atom is -0.385 e. The molecule has 1 N–H and O–H groups in total. The van der Waals surface area contributed by atoms with Gasteiger partial charge in [-0.3, -0.25) is 0 Å². The van der Waals surface area contributed by atoms with Crippen LogP contribution < -0.4 is 9.80 Å². The lowest BCUT2D eigenvalue weighted by Gasteiger charge is -2.47. The van der Waals surface area contributed by atoms with Crippen molar-refractivity contribution in [3.05, 3.63) is 43.0 Å². The molecule has 1 atom stereocenters. The molecule has 0 aromatic carbocycles. The molecule has 146 valence electrons. The van der Waals surface area contributed by atoms with Crippen molar-refractivity contribution in [1.29, 1.82) is 0 Å². The summed E-state index contributed by atoms with van der Waals surface area (Å²) < 4.78 is 1.62. The molecule has 1 aliphatic rings. The number of hydrogen-bond acceptors (Lipinski definition) is 9. The highest BCUT2D eigenvalue weighted by atomic mass is 16.3. The van der Waals surface area contributed by atoms with Gasteiger partial charge >= 0.3 is 0 Å². The largest absolute Gasteiger partial charge is 0.385 e. The molecule has 10 nitrogen and oxygen atoms in total. The number of piperazine rings is 1. The van der Waals surface area contributed by atoms with Crippen LogP contribution in [0.1, 0.15) is 32.7 Å². The maximum absolute atomic E-state index is 9.79. The Morgan fingerprint density at radius 2 is 1.86 bits per heavy atom. The maximum Gasteiger partial charge on any atom is 0.227 e. The lowest BCUT2D eigenvalue weighted by atomic mass is 9.99. The van der Waals surface area contributed by atoms with Crippen LogP contribution in [-0.4, -0.2) is 65.0 Å². The fourth-order valence-corrected chi connectivity index (χ4v) is 3.41. The maximum atomic E-state index is 9.79. The first-order valence-electron chi connectivity index (χ1n) is 9.16. The third kappa shape index (κ3) is 3.50. The Morgan fingerprint density at radius 1 is 1.07 bits per heavy atom. The summed E-state index contributed by atoms with van der Waals surface area (Å²) in [5.74, 6) is 2.58. The van der Waals surface area contributed by atoms with E-state index in [1.807, 2.05) is 6.07 Å². The molecule has 0 saturated carbocycles. The molecule has 28 heavy (non-hydrogen) atoms. The molecule has 1 saturated heterocycles. The number of aromatic nitrogens is 7.